The molecule has 4 heteroatoms. The Morgan fingerprint density at radius 1 is 1.47 bits per heavy atom. The summed E-state index contributed by atoms with van der Waals surface area (Å²) in [5, 5.41) is 0. The number of thiazole rings is 1. The summed E-state index contributed by atoms with van der Waals surface area (Å²) in [5.74, 6) is 1.39. The van der Waals surface area contributed by atoms with Gasteiger partial charge in [-0.1, -0.05) is 6.42 Å². The molecule has 1 aromatic heterocycles. The van der Waals surface area contributed by atoms with E-state index in [-0.39, 0.29) is 0 Å². The fourth-order valence-electron chi connectivity index (χ4n) is 2.61. The molecule has 0 spiro atoms. The minimum atomic E-state index is 0.695. The molecule has 1 fully saturated rings. The standard InChI is InChI=1S/C13H22N2OS/c1-10-13(17-9-15-10)5-6-16-8-12-4-2-3-11(12)7-14/h9,11-12H,2-8,14H2,1H3. The fraction of sp³-hybridized carbons (Fsp3) is 0.769. The highest BCUT2D eigenvalue weighted by atomic mass is 32.1. The monoisotopic (exact) mass is 254 g/mol. The van der Waals surface area contributed by atoms with Crippen LogP contribution in [0, 0.1) is 18.8 Å². The van der Waals surface area contributed by atoms with Crippen molar-refractivity contribution in [3.8, 4) is 0 Å². The number of nitrogens with zero attached hydrogens (tertiary/aromatic N) is 1. The summed E-state index contributed by atoms with van der Waals surface area (Å²) in [6, 6.07) is 0. The van der Waals surface area contributed by atoms with Crippen molar-refractivity contribution in [2.45, 2.75) is 32.6 Å². The van der Waals surface area contributed by atoms with Crippen molar-refractivity contribution in [1.82, 2.24) is 4.98 Å². The molecule has 2 rings (SSSR count). The molecule has 2 unspecified atom stereocenters. The Kier molecular flexibility index (Phi) is 4.95. The molecule has 96 valence electrons. The Labute approximate surface area is 107 Å². The van der Waals surface area contributed by atoms with Crippen molar-refractivity contribution in [2.75, 3.05) is 19.8 Å². The van der Waals surface area contributed by atoms with Gasteiger partial charge in [-0.3, -0.25) is 0 Å². The molecule has 1 aliphatic rings. The van der Waals surface area contributed by atoms with Gasteiger partial charge in [0.15, 0.2) is 0 Å². The van der Waals surface area contributed by atoms with E-state index in [2.05, 4.69) is 11.9 Å². The van der Waals surface area contributed by atoms with Gasteiger partial charge in [0.2, 0.25) is 0 Å². The molecule has 3 nitrogen and oxygen atoms in total. The van der Waals surface area contributed by atoms with Gasteiger partial charge in [-0.25, -0.2) is 4.98 Å². The lowest BCUT2D eigenvalue weighted by molar-refractivity contribution is 0.0894. The summed E-state index contributed by atoms with van der Waals surface area (Å²) >= 11 is 1.73. The Balaban J connectivity index is 1.65. The number of rotatable bonds is 6. The quantitative estimate of drug-likeness (QED) is 0.793. The van der Waals surface area contributed by atoms with Crippen LogP contribution in [0.4, 0.5) is 0 Å². The van der Waals surface area contributed by atoms with Gasteiger partial charge < -0.3 is 10.5 Å². The maximum Gasteiger partial charge on any atom is 0.0797 e. The van der Waals surface area contributed by atoms with Gasteiger partial charge in [0.25, 0.3) is 0 Å². The van der Waals surface area contributed by atoms with Crippen molar-refractivity contribution in [1.29, 1.82) is 0 Å². The second-order valence-electron chi connectivity index (χ2n) is 4.87. The molecule has 2 atom stereocenters. The minimum absolute atomic E-state index is 0.695. The molecule has 0 saturated heterocycles. The second-order valence-corrected chi connectivity index (χ2v) is 5.81. The topological polar surface area (TPSA) is 48.1 Å². The van der Waals surface area contributed by atoms with Crippen LogP contribution in [0.2, 0.25) is 0 Å². The summed E-state index contributed by atoms with van der Waals surface area (Å²) < 4.78 is 5.80. The summed E-state index contributed by atoms with van der Waals surface area (Å²) in [5.41, 5.74) is 8.82. The zero-order chi connectivity index (χ0) is 12.1. The summed E-state index contributed by atoms with van der Waals surface area (Å²) in [7, 11) is 0. The normalized spacial score (nSPS) is 24.4. The maximum atomic E-state index is 5.80. The molecule has 0 aromatic carbocycles. The number of nitrogens with two attached hydrogens (primary N) is 1. The molecule has 2 N–H and O–H groups in total. The molecule has 17 heavy (non-hydrogen) atoms. The van der Waals surface area contributed by atoms with Gasteiger partial charge in [0.05, 0.1) is 17.8 Å². The van der Waals surface area contributed by atoms with Gasteiger partial charge in [-0.05, 0) is 38.1 Å². The zero-order valence-electron chi connectivity index (χ0n) is 10.5. The largest absolute Gasteiger partial charge is 0.381 e. The van der Waals surface area contributed by atoms with Crippen LogP contribution in [0.3, 0.4) is 0 Å². The molecular weight excluding hydrogens is 232 g/mol. The van der Waals surface area contributed by atoms with Gasteiger partial charge >= 0.3 is 0 Å². The van der Waals surface area contributed by atoms with Crippen LogP contribution < -0.4 is 5.73 Å². The first kappa shape index (κ1) is 13.0. The Morgan fingerprint density at radius 2 is 2.29 bits per heavy atom. The Hall–Kier alpha value is -0.450. The van der Waals surface area contributed by atoms with E-state index >= 15 is 0 Å². The van der Waals surface area contributed by atoms with Crippen molar-refractivity contribution in [3.63, 3.8) is 0 Å². The highest BCUT2D eigenvalue weighted by Crippen LogP contribution is 2.30. The third-order valence-electron chi connectivity index (χ3n) is 3.77. The van der Waals surface area contributed by atoms with Crippen LogP contribution in [0.25, 0.3) is 0 Å². The lowest BCUT2D eigenvalue weighted by atomic mass is 9.97. The van der Waals surface area contributed by atoms with Crippen LogP contribution in [0.15, 0.2) is 5.51 Å². The molecule has 0 aliphatic heterocycles. The van der Waals surface area contributed by atoms with Gasteiger partial charge in [0, 0.05) is 17.9 Å². The predicted octanol–water partition coefficient (Wildman–Crippen LogP) is 2.39. The Bertz CT molecular complexity index is 340. The average Bonchev–Trinajstić information content (AvgIpc) is 2.93. The first-order valence-corrected chi connectivity index (χ1v) is 7.36. The van der Waals surface area contributed by atoms with E-state index in [0.29, 0.717) is 11.8 Å². The van der Waals surface area contributed by atoms with Gasteiger partial charge in [0.1, 0.15) is 0 Å². The summed E-state index contributed by atoms with van der Waals surface area (Å²) in [4.78, 5) is 5.60. The van der Waals surface area contributed by atoms with E-state index in [4.69, 9.17) is 10.5 Å². The van der Waals surface area contributed by atoms with E-state index in [1.807, 2.05) is 5.51 Å². The first-order valence-electron chi connectivity index (χ1n) is 6.48. The van der Waals surface area contributed by atoms with Crippen molar-refractivity contribution < 1.29 is 4.74 Å². The zero-order valence-corrected chi connectivity index (χ0v) is 11.3. The van der Waals surface area contributed by atoms with E-state index < -0.39 is 0 Å². The van der Waals surface area contributed by atoms with Gasteiger partial charge in [-0.2, -0.15) is 0 Å². The Morgan fingerprint density at radius 3 is 3.00 bits per heavy atom. The number of ether oxygens (including phenoxy) is 1. The van der Waals surface area contributed by atoms with E-state index in [1.54, 1.807) is 11.3 Å². The highest BCUT2D eigenvalue weighted by Gasteiger charge is 2.25. The number of aromatic nitrogens is 1. The first-order chi connectivity index (χ1) is 8.31. The average molecular weight is 254 g/mol. The van der Waals surface area contributed by atoms with E-state index in [0.717, 1.165) is 31.9 Å². The van der Waals surface area contributed by atoms with Crippen LogP contribution in [-0.4, -0.2) is 24.7 Å². The molecule has 1 aromatic rings. The number of aryl methyl sites for hydroxylation is 1. The lowest BCUT2D eigenvalue weighted by Gasteiger charge is -2.17. The molecule has 1 saturated carbocycles. The number of hydrogen-bond acceptors (Lipinski definition) is 4. The SMILES string of the molecule is Cc1ncsc1CCOCC1CCCC1CN. The van der Waals surface area contributed by atoms with Crippen molar-refractivity contribution >= 4 is 11.3 Å². The van der Waals surface area contributed by atoms with Gasteiger partial charge in [-0.15, -0.1) is 11.3 Å². The fourth-order valence-corrected chi connectivity index (χ4v) is 3.37. The predicted molar refractivity (Wildman–Crippen MR) is 71.3 cm³/mol. The smallest absolute Gasteiger partial charge is 0.0797 e. The van der Waals surface area contributed by atoms with Crippen LogP contribution in [0.5, 0.6) is 0 Å². The lowest BCUT2D eigenvalue weighted by Crippen LogP contribution is -2.22. The molecule has 0 radical (unpaired) electrons. The molecule has 1 aliphatic carbocycles. The molecule has 1 heterocycles. The third-order valence-corrected chi connectivity index (χ3v) is 4.76. The number of hydrogen-bond donors (Lipinski definition) is 1. The highest BCUT2D eigenvalue weighted by molar-refractivity contribution is 7.09. The van der Waals surface area contributed by atoms with Crippen LogP contribution >= 0.6 is 11.3 Å². The second kappa shape index (κ2) is 6.47. The summed E-state index contributed by atoms with van der Waals surface area (Å²) in [6.07, 6.45) is 4.90. The molecule has 0 amide bonds. The minimum Gasteiger partial charge on any atom is -0.381 e. The van der Waals surface area contributed by atoms with E-state index in [9.17, 15) is 0 Å². The maximum absolute atomic E-state index is 5.80. The van der Waals surface area contributed by atoms with Crippen LogP contribution in [-0.2, 0) is 11.2 Å². The van der Waals surface area contributed by atoms with Crippen LogP contribution in [0.1, 0.15) is 29.8 Å². The molecule has 0 bridgehead atoms. The van der Waals surface area contributed by atoms with Crippen molar-refractivity contribution in [2.24, 2.45) is 17.6 Å². The summed E-state index contributed by atoms with van der Waals surface area (Å²) in [6.45, 7) is 4.59. The third kappa shape index (κ3) is 3.50. The van der Waals surface area contributed by atoms with E-state index in [1.165, 1.54) is 24.1 Å². The molecular formula is C13H22N2OS. The van der Waals surface area contributed by atoms with Crippen molar-refractivity contribution in [3.05, 3.63) is 16.1 Å².